The van der Waals surface area contributed by atoms with E-state index in [0.29, 0.717) is 17.9 Å². The highest BCUT2D eigenvalue weighted by molar-refractivity contribution is 9.12. The van der Waals surface area contributed by atoms with Crippen molar-refractivity contribution in [2.75, 3.05) is 0 Å². The van der Waals surface area contributed by atoms with Crippen molar-refractivity contribution in [1.29, 1.82) is 0 Å². The van der Waals surface area contributed by atoms with Gasteiger partial charge in [-0.15, -0.1) is 0 Å². The van der Waals surface area contributed by atoms with Crippen LogP contribution in [0.1, 0.15) is 27.7 Å². The van der Waals surface area contributed by atoms with Crippen molar-refractivity contribution in [3.05, 3.63) is 90.8 Å². The van der Waals surface area contributed by atoms with Crippen molar-refractivity contribution in [1.82, 2.24) is 21.3 Å². The summed E-state index contributed by atoms with van der Waals surface area (Å²) >= 11 is 13.9. The fourth-order valence-electron chi connectivity index (χ4n) is 3.36. The molecule has 0 spiro atoms. The summed E-state index contributed by atoms with van der Waals surface area (Å²) < 4.78 is 1.55. The second kappa shape index (κ2) is 14.2. The normalized spacial score (nSPS) is 18.0. The molecular weight excluding hydrogens is 804 g/mol. The summed E-state index contributed by atoms with van der Waals surface area (Å²) in [6.45, 7) is 20.8. The standard InChI is InChI=1S/C28H30Br4N6O4/c1-13(2)23(39)33-27(34-24(40)14(3)4)19(29)9-17(10-20(27)30)37-38-18-11-21(31)28(22(32)12-18,35-25(41)15(5)6)36-26(42)16(7)8/h9-12,17-18H,1,3,5,7H2,2,4,6,8H3,(H,33,39)(H,34,40)(H,35,41)(H,36,42). The fraction of sp³-hybridized carbons (Fsp3) is 0.286. The lowest BCUT2D eigenvalue weighted by molar-refractivity contribution is -0.123. The molecule has 14 heteroatoms. The van der Waals surface area contributed by atoms with E-state index in [0.717, 1.165) is 0 Å². The zero-order valence-electron chi connectivity index (χ0n) is 23.3. The topological polar surface area (TPSA) is 141 Å². The number of hydrogen-bond donors (Lipinski definition) is 4. The maximum atomic E-state index is 12.6. The second-order valence-electron chi connectivity index (χ2n) is 9.71. The first-order valence-electron chi connectivity index (χ1n) is 12.2. The predicted molar refractivity (Wildman–Crippen MR) is 178 cm³/mol. The van der Waals surface area contributed by atoms with E-state index in [4.69, 9.17) is 0 Å². The number of azo groups is 1. The molecule has 0 saturated carbocycles. The van der Waals surface area contributed by atoms with Crippen molar-refractivity contribution < 1.29 is 19.2 Å². The number of hydrogen-bond acceptors (Lipinski definition) is 6. The summed E-state index contributed by atoms with van der Waals surface area (Å²) in [4.78, 5) is 50.4. The number of carbonyl (C=O) groups excluding carboxylic acids is 4. The summed E-state index contributed by atoms with van der Waals surface area (Å²) in [5.74, 6) is -1.94. The molecule has 4 N–H and O–H groups in total. The van der Waals surface area contributed by atoms with Gasteiger partial charge in [-0.25, -0.2) is 0 Å². The van der Waals surface area contributed by atoms with Gasteiger partial charge < -0.3 is 21.3 Å². The molecule has 10 nitrogen and oxygen atoms in total. The van der Waals surface area contributed by atoms with Crippen LogP contribution in [-0.2, 0) is 19.2 Å². The van der Waals surface area contributed by atoms with Crippen molar-refractivity contribution in [2.45, 2.75) is 51.1 Å². The summed E-state index contributed by atoms with van der Waals surface area (Å²) in [7, 11) is 0. The summed E-state index contributed by atoms with van der Waals surface area (Å²) in [5, 5.41) is 20.0. The average molecular weight is 834 g/mol. The summed E-state index contributed by atoms with van der Waals surface area (Å²) in [6.07, 6.45) is 6.65. The maximum Gasteiger partial charge on any atom is 0.248 e. The van der Waals surface area contributed by atoms with Gasteiger partial charge in [-0.05, 0) is 52.0 Å². The Morgan fingerprint density at radius 1 is 0.548 bits per heavy atom. The van der Waals surface area contributed by atoms with Crippen LogP contribution in [0.4, 0.5) is 0 Å². The van der Waals surface area contributed by atoms with Crippen LogP contribution in [0.3, 0.4) is 0 Å². The molecule has 0 heterocycles. The van der Waals surface area contributed by atoms with Crippen LogP contribution in [-0.4, -0.2) is 47.0 Å². The molecule has 0 saturated heterocycles. The molecule has 0 aromatic heterocycles. The van der Waals surface area contributed by atoms with E-state index < -0.39 is 47.0 Å². The minimum absolute atomic E-state index is 0.239. The van der Waals surface area contributed by atoms with Crippen molar-refractivity contribution in [3.8, 4) is 0 Å². The molecule has 0 bridgehead atoms. The number of halogens is 4. The Bertz CT molecular complexity index is 1230. The van der Waals surface area contributed by atoms with Crippen LogP contribution in [0.5, 0.6) is 0 Å². The highest BCUT2D eigenvalue weighted by Gasteiger charge is 2.44. The van der Waals surface area contributed by atoms with E-state index >= 15 is 0 Å². The van der Waals surface area contributed by atoms with Crippen LogP contribution >= 0.6 is 63.7 Å². The van der Waals surface area contributed by atoms with Crippen LogP contribution < -0.4 is 21.3 Å². The molecule has 0 aromatic rings. The van der Waals surface area contributed by atoms with E-state index in [9.17, 15) is 19.2 Å². The molecule has 0 fully saturated rings. The third-order valence-corrected chi connectivity index (χ3v) is 9.23. The molecule has 2 aliphatic carbocycles. The van der Waals surface area contributed by atoms with Crippen LogP contribution in [0, 0.1) is 0 Å². The van der Waals surface area contributed by atoms with Crippen LogP contribution in [0.15, 0.2) is 101 Å². The smallest absolute Gasteiger partial charge is 0.248 e. The molecule has 2 rings (SSSR count). The molecular formula is C28H30Br4N6O4. The quantitative estimate of drug-likeness (QED) is 0.132. The SMILES string of the molecule is C=C(C)C(=O)NC1(NC(=O)C(=C)C)C(Br)=CC(N=NC2C=C(Br)C(NC(=O)C(=C)C)(NC(=O)C(=C)C)C(Br)=C2)C=C1Br. The van der Waals surface area contributed by atoms with E-state index in [1.54, 1.807) is 52.0 Å². The molecule has 2 aliphatic rings. The van der Waals surface area contributed by atoms with E-state index in [-0.39, 0.29) is 22.3 Å². The number of nitrogens with one attached hydrogen (secondary N) is 4. The first-order valence-corrected chi connectivity index (χ1v) is 15.4. The van der Waals surface area contributed by atoms with Gasteiger partial charge in [-0.2, -0.15) is 10.2 Å². The van der Waals surface area contributed by atoms with Gasteiger partial charge in [0.2, 0.25) is 23.6 Å². The number of carbonyl (C=O) groups is 4. The van der Waals surface area contributed by atoms with Gasteiger partial charge in [-0.1, -0.05) is 90.0 Å². The van der Waals surface area contributed by atoms with Gasteiger partial charge in [-0.3, -0.25) is 19.2 Å². The number of rotatable bonds is 10. The molecule has 42 heavy (non-hydrogen) atoms. The Hall–Kier alpha value is -2.68. The first-order chi connectivity index (χ1) is 19.4. The maximum absolute atomic E-state index is 12.6. The lowest BCUT2D eigenvalue weighted by Crippen LogP contribution is -2.62. The third-order valence-electron chi connectivity index (χ3n) is 5.79. The van der Waals surface area contributed by atoms with Gasteiger partial charge in [0.25, 0.3) is 0 Å². The second-order valence-corrected chi connectivity index (χ2v) is 13.1. The lowest BCUT2D eigenvalue weighted by Gasteiger charge is -2.38. The van der Waals surface area contributed by atoms with Crippen molar-refractivity contribution in [2.24, 2.45) is 10.2 Å². The Kier molecular flexibility index (Phi) is 12.0. The molecule has 0 atom stereocenters. The van der Waals surface area contributed by atoms with E-state index in [2.05, 4.69) is 122 Å². The predicted octanol–water partition coefficient (Wildman–Crippen LogP) is 5.48. The Labute approximate surface area is 278 Å². The van der Waals surface area contributed by atoms with Crippen molar-refractivity contribution in [3.63, 3.8) is 0 Å². The minimum Gasteiger partial charge on any atom is -0.321 e. The largest absolute Gasteiger partial charge is 0.321 e. The van der Waals surface area contributed by atoms with Crippen LogP contribution in [0.25, 0.3) is 0 Å². The van der Waals surface area contributed by atoms with E-state index in [1.807, 2.05) is 0 Å². The highest BCUT2D eigenvalue weighted by Crippen LogP contribution is 2.39. The monoisotopic (exact) mass is 830 g/mol. The van der Waals surface area contributed by atoms with Gasteiger partial charge >= 0.3 is 0 Å². The zero-order chi connectivity index (χ0) is 32.2. The molecule has 0 aliphatic heterocycles. The summed E-state index contributed by atoms with van der Waals surface area (Å²) in [5.41, 5.74) is -1.97. The molecule has 4 amide bonds. The molecule has 224 valence electrons. The lowest BCUT2D eigenvalue weighted by atomic mass is 9.99. The Balaban J connectivity index is 2.44. The minimum atomic E-state index is -1.46. The van der Waals surface area contributed by atoms with Gasteiger partial charge in [0.15, 0.2) is 11.3 Å². The van der Waals surface area contributed by atoms with E-state index in [1.165, 1.54) is 0 Å². The summed E-state index contributed by atoms with van der Waals surface area (Å²) in [6, 6.07) is -1.22. The zero-order valence-corrected chi connectivity index (χ0v) is 29.7. The molecule has 0 aromatic carbocycles. The highest BCUT2D eigenvalue weighted by atomic mass is 79.9. The molecule has 0 radical (unpaired) electrons. The van der Waals surface area contributed by atoms with Crippen LogP contribution in [0.2, 0.25) is 0 Å². The van der Waals surface area contributed by atoms with Gasteiger partial charge in [0, 0.05) is 40.2 Å². The Morgan fingerprint density at radius 3 is 0.905 bits per heavy atom. The Morgan fingerprint density at radius 2 is 0.738 bits per heavy atom. The molecule has 0 unspecified atom stereocenters. The van der Waals surface area contributed by atoms with Crippen molar-refractivity contribution >= 4 is 87.3 Å². The fourth-order valence-corrected chi connectivity index (χ4v) is 6.62. The first kappa shape index (κ1) is 35.5. The number of nitrogens with zero attached hydrogens (tertiary/aromatic N) is 2. The van der Waals surface area contributed by atoms with Gasteiger partial charge in [0.1, 0.15) is 12.1 Å². The third kappa shape index (κ3) is 8.03. The number of amides is 4. The average Bonchev–Trinajstić information content (AvgIpc) is 2.88. The van der Waals surface area contributed by atoms with Gasteiger partial charge in [0.05, 0.1) is 0 Å².